The molecule has 1 N–H and O–H groups in total. The summed E-state index contributed by atoms with van der Waals surface area (Å²) >= 11 is 0. The van der Waals surface area contributed by atoms with Crippen molar-refractivity contribution in [1.82, 2.24) is 4.90 Å². The van der Waals surface area contributed by atoms with Crippen LogP contribution in [0.25, 0.3) is 0 Å². The Morgan fingerprint density at radius 2 is 1.93 bits per heavy atom. The number of rotatable bonds is 9. The number of hydrogen-bond acceptors (Lipinski definition) is 5. The minimum Gasteiger partial charge on any atom is -0.495 e. The Bertz CT molecular complexity index is 618. The van der Waals surface area contributed by atoms with Gasteiger partial charge in [-0.25, -0.2) is 0 Å². The van der Waals surface area contributed by atoms with E-state index >= 15 is 0 Å². The fraction of sp³-hybridized carbons (Fsp3) is 0.739. The van der Waals surface area contributed by atoms with Gasteiger partial charge in [-0.3, -0.25) is 4.90 Å². The van der Waals surface area contributed by atoms with Crippen molar-refractivity contribution in [2.24, 2.45) is 17.8 Å². The van der Waals surface area contributed by atoms with Gasteiger partial charge in [-0.2, -0.15) is 0 Å². The fourth-order valence-corrected chi connectivity index (χ4v) is 5.60. The molecule has 0 amide bonds. The van der Waals surface area contributed by atoms with E-state index in [2.05, 4.69) is 21.9 Å². The maximum Gasteiger partial charge on any atom is 0.142 e. The van der Waals surface area contributed by atoms with Gasteiger partial charge >= 0.3 is 0 Å². The Kier molecular flexibility index (Phi) is 6.76. The number of β-amino-alcohol motifs (C(OH)–C–C–N with tert-alkyl or cyclic N) is 1. The number of aliphatic hydroxyl groups excluding tert-OH is 1. The molecular weight excluding hydrogens is 352 g/mol. The van der Waals surface area contributed by atoms with Crippen LogP contribution in [0.15, 0.2) is 24.3 Å². The second kappa shape index (κ2) is 9.47. The summed E-state index contributed by atoms with van der Waals surface area (Å²) in [5.41, 5.74) is 1.16. The van der Waals surface area contributed by atoms with E-state index in [0.29, 0.717) is 13.2 Å². The normalized spacial score (nSPS) is 28.6. The minimum atomic E-state index is -0.391. The van der Waals surface area contributed by atoms with Crippen LogP contribution in [0.5, 0.6) is 5.75 Å². The van der Waals surface area contributed by atoms with Crippen LogP contribution >= 0.6 is 0 Å². The second-order valence-electron chi connectivity index (χ2n) is 8.91. The first-order valence-corrected chi connectivity index (χ1v) is 11.1. The highest BCUT2D eigenvalue weighted by Gasteiger charge is 2.38. The second-order valence-corrected chi connectivity index (χ2v) is 8.91. The first-order chi connectivity index (χ1) is 13.7. The van der Waals surface area contributed by atoms with Crippen molar-refractivity contribution in [3.05, 3.63) is 24.3 Å². The molecule has 1 aliphatic heterocycles. The van der Waals surface area contributed by atoms with Crippen molar-refractivity contribution >= 4 is 5.69 Å². The fourth-order valence-electron chi connectivity index (χ4n) is 5.60. The zero-order chi connectivity index (χ0) is 19.3. The maximum atomic E-state index is 10.4. The van der Waals surface area contributed by atoms with E-state index in [1.54, 1.807) is 7.11 Å². The van der Waals surface area contributed by atoms with Crippen LogP contribution in [0, 0.1) is 17.8 Å². The average Bonchev–Trinajstić information content (AvgIpc) is 3.35. The van der Waals surface area contributed by atoms with Crippen molar-refractivity contribution in [2.75, 3.05) is 57.9 Å². The molecule has 28 heavy (non-hydrogen) atoms. The maximum absolute atomic E-state index is 10.4. The van der Waals surface area contributed by atoms with Crippen molar-refractivity contribution in [2.45, 2.75) is 38.2 Å². The van der Waals surface area contributed by atoms with Gasteiger partial charge in [0.15, 0.2) is 0 Å². The van der Waals surface area contributed by atoms with E-state index in [0.717, 1.165) is 62.0 Å². The van der Waals surface area contributed by atoms with Crippen LogP contribution in [0.3, 0.4) is 0 Å². The summed E-state index contributed by atoms with van der Waals surface area (Å²) in [7, 11) is 1.72. The third kappa shape index (κ3) is 4.81. The van der Waals surface area contributed by atoms with Crippen molar-refractivity contribution < 1.29 is 14.6 Å². The number of para-hydroxylation sites is 2. The number of nitrogens with zero attached hydrogens (tertiary/aromatic N) is 2. The Labute approximate surface area is 169 Å². The number of fused-ring (bicyclic) bond motifs is 2. The van der Waals surface area contributed by atoms with Gasteiger partial charge in [0.2, 0.25) is 0 Å². The molecule has 2 saturated carbocycles. The van der Waals surface area contributed by atoms with Gasteiger partial charge in [0, 0.05) is 39.3 Å². The van der Waals surface area contributed by atoms with Crippen LogP contribution in [-0.4, -0.2) is 69.2 Å². The number of benzene rings is 1. The molecule has 1 saturated heterocycles. The van der Waals surface area contributed by atoms with Gasteiger partial charge in [-0.1, -0.05) is 18.6 Å². The lowest BCUT2D eigenvalue weighted by atomic mass is 9.87. The van der Waals surface area contributed by atoms with Crippen LogP contribution < -0.4 is 9.64 Å². The van der Waals surface area contributed by atoms with E-state index < -0.39 is 6.10 Å². The third-order valence-corrected chi connectivity index (χ3v) is 7.09. The zero-order valence-corrected chi connectivity index (χ0v) is 17.3. The van der Waals surface area contributed by atoms with Crippen LogP contribution in [-0.2, 0) is 4.74 Å². The summed E-state index contributed by atoms with van der Waals surface area (Å²) in [5.74, 6) is 3.80. The molecule has 5 heteroatoms. The molecule has 4 rings (SSSR count). The first kappa shape index (κ1) is 20.0. The van der Waals surface area contributed by atoms with E-state index in [-0.39, 0.29) is 0 Å². The summed E-state index contributed by atoms with van der Waals surface area (Å²) in [5, 5.41) is 10.4. The molecule has 5 nitrogen and oxygen atoms in total. The molecule has 0 unspecified atom stereocenters. The SMILES string of the molecule is COc1ccccc1N1CCN(C[C@H](O)COCC[C@H]2C[C@@H]3CC[C@@H]2C3)CC1. The predicted molar refractivity (Wildman–Crippen MR) is 112 cm³/mol. The van der Waals surface area contributed by atoms with Gasteiger partial charge in [-0.15, -0.1) is 0 Å². The third-order valence-electron chi connectivity index (χ3n) is 7.09. The smallest absolute Gasteiger partial charge is 0.142 e. The molecule has 1 heterocycles. The summed E-state index contributed by atoms with van der Waals surface area (Å²) in [6, 6.07) is 8.20. The number of hydrogen-bond donors (Lipinski definition) is 1. The summed E-state index contributed by atoms with van der Waals surface area (Å²) in [6.07, 6.45) is 6.59. The van der Waals surface area contributed by atoms with Crippen molar-refractivity contribution in [3.8, 4) is 5.75 Å². The quantitative estimate of drug-likeness (QED) is 0.659. The molecule has 156 valence electrons. The van der Waals surface area contributed by atoms with Crippen LogP contribution in [0.2, 0.25) is 0 Å². The van der Waals surface area contributed by atoms with Gasteiger partial charge in [0.05, 0.1) is 25.5 Å². The monoisotopic (exact) mass is 388 g/mol. The molecule has 3 fully saturated rings. The molecule has 2 bridgehead atoms. The van der Waals surface area contributed by atoms with Crippen LogP contribution in [0.1, 0.15) is 32.1 Å². The molecule has 1 aromatic rings. The van der Waals surface area contributed by atoms with E-state index in [1.807, 2.05) is 12.1 Å². The molecule has 0 radical (unpaired) electrons. The lowest BCUT2D eigenvalue weighted by Crippen LogP contribution is -2.49. The minimum absolute atomic E-state index is 0.391. The Balaban J connectivity index is 1.12. The Morgan fingerprint density at radius 3 is 2.64 bits per heavy atom. The van der Waals surface area contributed by atoms with Gasteiger partial charge in [-0.05, 0) is 55.6 Å². The predicted octanol–water partition coefficient (Wildman–Crippen LogP) is 3.02. The van der Waals surface area contributed by atoms with Gasteiger partial charge < -0.3 is 19.5 Å². The Hall–Kier alpha value is -1.30. The average molecular weight is 389 g/mol. The molecule has 3 aliphatic rings. The number of aliphatic hydroxyl groups is 1. The largest absolute Gasteiger partial charge is 0.495 e. The summed E-state index contributed by atoms with van der Waals surface area (Å²) in [6.45, 7) is 5.81. The molecule has 4 atom stereocenters. The first-order valence-electron chi connectivity index (χ1n) is 11.1. The number of anilines is 1. The van der Waals surface area contributed by atoms with E-state index in [4.69, 9.17) is 9.47 Å². The number of piperazine rings is 1. The molecule has 1 aromatic carbocycles. The van der Waals surface area contributed by atoms with Gasteiger partial charge in [0.25, 0.3) is 0 Å². The molecule has 0 spiro atoms. The van der Waals surface area contributed by atoms with E-state index in [9.17, 15) is 5.11 Å². The lowest BCUT2D eigenvalue weighted by Gasteiger charge is -2.37. The number of ether oxygens (including phenoxy) is 2. The summed E-state index contributed by atoms with van der Waals surface area (Å²) < 4.78 is 11.3. The topological polar surface area (TPSA) is 45.2 Å². The molecular formula is C23H36N2O3. The lowest BCUT2D eigenvalue weighted by molar-refractivity contribution is 0.0100. The van der Waals surface area contributed by atoms with Gasteiger partial charge in [0.1, 0.15) is 5.75 Å². The standard InChI is InChI=1S/C23H36N2O3/c1-27-23-5-3-2-4-22(23)25-11-9-24(10-12-25)16-21(26)17-28-13-8-20-15-18-6-7-19(20)14-18/h2-5,18-21,26H,6-17H2,1H3/t18-,19-,20+,21+/m1/s1. The van der Waals surface area contributed by atoms with Crippen LogP contribution in [0.4, 0.5) is 5.69 Å². The highest BCUT2D eigenvalue weighted by molar-refractivity contribution is 5.58. The van der Waals surface area contributed by atoms with Crippen molar-refractivity contribution in [1.29, 1.82) is 0 Å². The highest BCUT2D eigenvalue weighted by Crippen LogP contribution is 2.49. The summed E-state index contributed by atoms with van der Waals surface area (Å²) in [4.78, 5) is 4.71. The Morgan fingerprint density at radius 1 is 1.11 bits per heavy atom. The highest BCUT2D eigenvalue weighted by atomic mass is 16.5. The van der Waals surface area contributed by atoms with Crippen molar-refractivity contribution in [3.63, 3.8) is 0 Å². The number of methoxy groups -OCH3 is 1. The molecule has 2 aliphatic carbocycles. The zero-order valence-electron chi connectivity index (χ0n) is 17.3. The van der Waals surface area contributed by atoms with E-state index in [1.165, 1.54) is 32.1 Å². The molecule has 0 aromatic heterocycles.